The fourth-order valence-corrected chi connectivity index (χ4v) is 2.31. The lowest BCUT2D eigenvalue weighted by Gasteiger charge is -2.25. The van der Waals surface area contributed by atoms with E-state index in [1.807, 2.05) is 7.05 Å². The van der Waals surface area contributed by atoms with Gasteiger partial charge in [-0.05, 0) is 26.3 Å². The van der Waals surface area contributed by atoms with Gasteiger partial charge in [0.2, 0.25) is 0 Å². The van der Waals surface area contributed by atoms with Crippen LogP contribution in [-0.2, 0) is 13.0 Å². The molecule has 1 aromatic rings. The molecule has 0 bridgehead atoms. The highest BCUT2D eigenvalue weighted by Crippen LogP contribution is 2.39. The van der Waals surface area contributed by atoms with E-state index < -0.39 is 0 Å². The minimum absolute atomic E-state index is 0.629. The third kappa shape index (κ3) is 1.67. The van der Waals surface area contributed by atoms with E-state index >= 15 is 0 Å². The highest BCUT2D eigenvalue weighted by molar-refractivity contribution is 5.47. The molecule has 2 aliphatic rings. The van der Waals surface area contributed by atoms with Crippen molar-refractivity contribution in [2.45, 2.75) is 31.7 Å². The number of rotatable bonds is 2. The Bertz CT molecular complexity index is 412. The van der Waals surface area contributed by atoms with Gasteiger partial charge in [0.1, 0.15) is 11.6 Å². The molecule has 1 N–H and O–H groups in total. The van der Waals surface area contributed by atoms with Crippen LogP contribution in [0.1, 0.15) is 35.8 Å². The predicted octanol–water partition coefficient (Wildman–Crippen LogP) is 1.38. The third-order valence-corrected chi connectivity index (χ3v) is 3.45. The molecule has 1 saturated carbocycles. The first-order valence-corrected chi connectivity index (χ1v) is 6.04. The molecule has 1 fully saturated rings. The fraction of sp³-hybridized carbons (Fsp3) is 0.667. The summed E-state index contributed by atoms with van der Waals surface area (Å²) in [5.74, 6) is 2.74. The number of nitrogens with one attached hydrogen (secondary N) is 1. The van der Waals surface area contributed by atoms with Crippen molar-refractivity contribution in [2.75, 3.05) is 26.0 Å². The van der Waals surface area contributed by atoms with Crippen molar-refractivity contribution >= 4 is 5.82 Å². The van der Waals surface area contributed by atoms with Crippen LogP contribution < -0.4 is 5.32 Å². The van der Waals surface area contributed by atoms with Gasteiger partial charge >= 0.3 is 0 Å². The standard InChI is InChI=1S/C12H18N4/c1-13-12-9-5-6-16(2)7-10(9)14-11(15-12)8-3-4-8/h8H,3-7H2,1-2H3,(H,13,14,15). The molecule has 0 atom stereocenters. The van der Waals surface area contributed by atoms with E-state index in [-0.39, 0.29) is 0 Å². The quantitative estimate of drug-likeness (QED) is 0.814. The smallest absolute Gasteiger partial charge is 0.134 e. The minimum atomic E-state index is 0.629. The first-order valence-electron chi connectivity index (χ1n) is 6.04. The SMILES string of the molecule is CNc1nc(C2CC2)nc2c1CCN(C)C2. The van der Waals surface area contributed by atoms with Crippen molar-refractivity contribution in [3.8, 4) is 0 Å². The van der Waals surface area contributed by atoms with Crippen LogP contribution in [0, 0.1) is 0 Å². The highest BCUT2D eigenvalue weighted by Gasteiger charge is 2.29. The number of hydrogen-bond donors (Lipinski definition) is 1. The summed E-state index contributed by atoms with van der Waals surface area (Å²) in [6.07, 6.45) is 3.59. The topological polar surface area (TPSA) is 41.1 Å². The van der Waals surface area contributed by atoms with Gasteiger partial charge in [-0.3, -0.25) is 0 Å². The summed E-state index contributed by atoms with van der Waals surface area (Å²) < 4.78 is 0. The van der Waals surface area contributed by atoms with E-state index in [2.05, 4.69) is 22.2 Å². The average molecular weight is 218 g/mol. The van der Waals surface area contributed by atoms with Crippen LogP contribution in [0.2, 0.25) is 0 Å². The fourth-order valence-electron chi connectivity index (χ4n) is 2.31. The summed E-state index contributed by atoms with van der Waals surface area (Å²) in [5, 5.41) is 3.22. The lowest BCUT2D eigenvalue weighted by atomic mass is 10.1. The molecular formula is C12H18N4. The van der Waals surface area contributed by atoms with Crippen molar-refractivity contribution in [2.24, 2.45) is 0 Å². The maximum atomic E-state index is 4.74. The molecule has 0 unspecified atom stereocenters. The second-order valence-corrected chi connectivity index (χ2v) is 4.87. The molecule has 1 aromatic heterocycles. The molecule has 4 nitrogen and oxygen atoms in total. The van der Waals surface area contributed by atoms with Crippen LogP contribution >= 0.6 is 0 Å². The molecular weight excluding hydrogens is 200 g/mol. The number of nitrogens with zero attached hydrogens (tertiary/aromatic N) is 3. The number of anilines is 1. The van der Waals surface area contributed by atoms with Gasteiger partial charge in [-0.1, -0.05) is 0 Å². The maximum absolute atomic E-state index is 4.74. The monoisotopic (exact) mass is 218 g/mol. The summed E-state index contributed by atoms with van der Waals surface area (Å²) in [7, 11) is 4.11. The zero-order valence-corrected chi connectivity index (χ0v) is 9.95. The van der Waals surface area contributed by atoms with Gasteiger partial charge in [-0.2, -0.15) is 0 Å². The van der Waals surface area contributed by atoms with Crippen LogP contribution in [-0.4, -0.2) is 35.5 Å². The Labute approximate surface area is 96.1 Å². The van der Waals surface area contributed by atoms with Gasteiger partial charge in [-0.25, -0.2) is 9.97 Å². The Hall–Kier alpha value is -1.16. The van der Waals surface area contributed by atoms with Gasteiger partial charge in [0.25, 0.3) is 0 Å². The molecule has 3 rings (SSSR count). The molecule has 2 heterocycles. The maximum Gasteiger partial charge on any atom is 0.134 e. The molecule has 0 saturated heterocycles. The lowest BCUT2D eigenvalue weighted by molar-refractivity contribution is 0.307. The highest BCUT2D eigenvalue weighted by atomic mass is 15.1. The van der Waals surface area contributed by atoms with Crippen molar-refractivity contribution in [1.82, 2.24) is 14.9 Å². The van der Waals surface area contributed by atoms with Crippen LogP contribution in [0.5, 0.6) is 0 Å². The first-order chi connectivity index (χ1) is 7.78. The summed E-state index contributed by atoms with van der Waals surface area (Å²) >= 11 is 0. The van der Waals surface area contributed by atoms with E-state index in [1.54, 1.807) is 0 Å². The van der Waals surface area contributed by atoms with Gasteiger partial charge in [0.15, 0.2) is 0 Å². The molecule has 16 heavy (non-hydrogen) atoms. The van der Waals surface area contributed by atoms with Crippen LogP contribution in [0.25, 0.3) is 0 Å². The second kappa shape index (κ2) is 3.70. The molecule has 0 amide bonds. The first kappa shape index (κ1) is 10.0. The average Bonchev–Trinajstić information content (AvgIpc) is 3.10. The lowest BCUT2D eigenvalue weighted by Crippen LogP contribution is -2.29. The van der Waals surface area contributed by atoms with Crippen molar-refractivity contribution in [3.05, 3.63) is 17.1 Å². The van der Waals surface area contributed by atoms with Crippen LogP contribution in [0.3, 0.4) is 0 Å². The largest absolute Gasteiger partial charge is 0.373 e. The molecule has 0 spiro atoms. The minimum Gasteiger partial charge on any atom is -0.373 e. The molecule has 1 aliphatic heterocycles. The number of fused-ring (bicyclic) bond motifs is 1. The van der Waals surface area contributed by atoms with Crippen LogP contribution in [0.15, 0.2) is 0 Å². The Morgan fingerprint density at radius 2 is 2.12 bits per heavy atom. The third-order valence-electron chi connectivity index (χ3n) is 3.45. The van der Waals surface area contributed by atoms with Crippen molar-refractivity contribution in [3.63, 3.8) is 0 Å². The molecule has 0 aromatic carbocycles. The van der Waals surface area contributed by atoms with Crippen LogP contribution in [0.4, 0.5) is 5.82 Å². The van der Waals surface area contributed by atoms with Gasteiger partial charge in [0, 0.05) is 31.6 Å². The van der Waals surface area contributed by atoms with Gasteiger partial charge in [-0.15, -0.1) is 0 Å². The zero-order chi connectivity index (χ0) is 11.1. The molecule has 1 aliphatic carbocycles. The van der Waals surface area contributed by atoms with Crippen molar-refractivity contribution < 1.29 is 0 Å². The Morgan fingerprint density at radius 3 is 2.81 bits per heavy atom. The normalized spacial score (nSPS) is 20.6. The Kier molecular flexibility index (Phi) is 2.32. The summed E-state index contributed by atoms with van der Waals surface area (Å²) in [5.41, 5.74) is 2.56. The number of aromatic nitrogens is 2. The van der Waals surface area contributed by atoms with E-state index in [0.717, 1.165) is 31.2 Å². The second-order valence-electron chi connectivity index (χ2n) is 4.87. The summed E-state index contributed by atoms with van der Waals surface area (Å²) in [6.45, 7) is 2.07. The van der Waals surface area contributed by atoms with E-state index in [9.17, 15) is 0 Å². The van der Waals surface area contributed by atoms with Crippen molar-refractivity contribution in [1.29, 1.82) is 0 Å². The van der Waals surface area contributed by atoms with Gasteiger partial charge < -0.3 is 10.2 Å². The van der Waals surface area contributed by atoms with E-state index in [1.165, 1.54) is 24.1 Å². The Morgan fingerprint density at radius 1 is 1.31 bits per heavy atom. The number of likely N-dealkylation sites (N-methyl/N-ethyl adjacent to an activating group) is 1. The number of hydrogen-bond acceptors (Lipinski definition) is 4. The molecule has 4 heteroatoms. The molecule has 86 valence electrons. The summed E-state index contributed by atoms with van der Waals surface area (Å²) in [6, 6.07) is 0. The zero-order valence-electron chi connectivity index (χ0n) is 9.95. The predicted molar refractivity (Wildman–Crippen MR) is 63.6 cm³/mol. The van der Waals surface area contributed by atoms with E-state index in [4.69, 9.17) is 4.98 Å². The van der Waals surface area contributed by atoms with Gasteiger partial charge in [0.05, 0.1) is 5.69 Å². The Balaban J connectivity index is 2.04. The summed E-state index contributed by atoms with van der Waals surface area (Å²) in [4.78, 5) is 11.7. The molecule has 0 radical (unpaired) electrons. The van der Waals surface area contributed by atoms with E-state index in [0.29, 0.717) is 5.92 Å².